The first kappa shape index (κ1) is 11.6. The molecule has 0 aliphatic carbocycles. The zero-order valence-corrected chi connectivity index (χ0v) is 9.77. The molecule has 1 aromatic rings. The Morgan fingerprint density at radius 2 is 2.29 bits per heavy atom. The van der Waals surface area contributed by atoms with Gasteiger partial charge in [0.2, 0.25) is 0 Å². The van der Waals surface area contributed by atoms with Crippen LogP contribution < -0.4 is 5.73 Å². The van der Waals surface area contributed by atoms with Crippen molar-refractivity contribution in [3.05, 3.63) is 28.2 Å². The third-order valence-electron chi connectivity index (χ3n) is 1.55. The van der Waals surface area contributed by atoms with Gasteiger partial charge in [-0.1, -0.05) is 15.9 Å². The summed E-state index contributed by atoms with van der Waals surface area (Å²) in [7, 11) is 0. The monoisotopic (exact) mass is 275 g/mol. The van der Waals surface area contributed by atoms with Crippen molar-refractivity contribution in [3.8, 4) is 0 Å². The SMILES string of the molecule is NCCSc1cc(Br)ccc1C(=O)O. The van der Waals surface area contributed by atoms with E-state index in [9.17, 15) is 4.79 Å². The molecule has 3 N–H and O–H groups in total. The molecule has 0 aromatic heterocycles. The summed E-state index contributed by atoms with van der Waals surface area (Å²) < 4.78 is 0.877. The zero-order chi connectivity index (χ0) is 10.6. The first-order valence-electron chi connectivity index (χ1n) is 4.01. The van der Waals surface area contributed by atoms with E-state index in [-0.39, 0.29) is 0 Å². The van der Waals surface area contributed by atoms with Gasteiger partial charge in [-0.3, -0.25) is 0 Å². The van der Waals surface area contributed by atoms with Crippen LogP contribution in [0, 0.1) is 0 Å². The summed E-state index contributed by atoms with van der Waals surface area (Å²) >= 11 is 4.75. The van der Waals surface area contributed by atoms with Crippen molar-refractivity contribution < 1.29 is 9.90 Å². The van der Waals surface area contributed by atoms with Crippen LogP contribution in [0.3, 0.4) is 0 Å². The molecule has 0 bridgehead atoms. The Morgan fingerprint density at radius 3 is 2.86 bits per heavy atom. The van der Waals surface area contributed by atoms with Gasteiger partial charge in [0.25, 0.3) is 0 Å². The van der Waals surface area contributed by atoms with E-state index in [0.29, 0.717) is 12.1 Å². The molecule has 76 valence electrons. The standard InChI is InChI=1S/C9H10BrNO2S/c10-6-1-2-7(9(12)13)8(5-6)14-4-3-11/h1-2,5H,3-4,11H2,(H,12,13). The molecule has 0 fully saturated rings. The van der Waals surface area contributed by atoms with Crippen LogP contribution in [-0.2, 0) is 0 Å². The number of benzene rings is 1. The summed E-state index contributed by atoms with van der Waals surface area (Å²) in [6.07, 6.45) is 0. The highest BCUT2D eigenvalue weighted by atomic mass is 79.9. The van der Waals surface area contributed by atoms with Crippen molar-refractivity contribution in [3.63, 3.8) is 0 Å². The third-order valence-corrected chi connectivity index (χ3v) is 3.13. The lowest BCUT2D eigenvalue weighted by Gasteiger charge is -2.05. The van der Waals surface area contributed by atoms with E-state index in [1.54, 1.807) is 18.2 Å². The largest absolute Gasteiger partial charge is 0.478 e. The van der Waals surface area contributed by atoms with E-state index in [4.69, 9.17) is 10.8 Å². The second-order valence-electron chi connectivity index (χ2n) is 2.58. The molecular formula is C9H10BrNO2S. The Balaban J connectivity index is 2.97. The number of hydrogen-bond acceptors (Lipinski definition) is 3. The van der Waals surface area contributed by atoms with E-state index >= 15 is 0 Å². The minimum Gasteiger partial charge on any atom is -0.478 e. The number of hydrogen-bond donors (Lipinski definition) is 2. The van der Waals surface area contributed by atoms with Crippen molar-refractivity contribution in [2.45, 2.75) is 4.90 Å². The number of thioether (sulfide) groups is 1. The number of carboxylic acids is 1. The van der Waals surface area contributed by atoms with Crippen molar-refractivity contribution in [1.29, 1.82) is 0 Å². The van der Waals surface area contributed by atoms with Gasteiger partial charge in [-0.2, -0.15) is 0 Å². The summed E-state index contributed by atoms with van der Waals surface area (Å²) in [6.45, 7) is 0.538. The van der Waals surface area contributed by atoms with Gasteiger partial charge in [0.1, 0.15) is 0 Å². The molecule has 0 saturated carbocycles. The van der Waals surface area contributed by atoms with Crippen molar-refractivity contribution >= 4 is 33.7 Å². The third kappa shape index (κ3) is 3.01. The molecule has 0 heterocycles. The summed E-state index contributed by atoms with van der Waals surface area (Å²) in [4.78, 5) is 11.6. The van der Waals surface area contributed by atoms with E-state index < -0.39 is 5.97 Å². The normalized spacial score (nSPS) is 10.1. The van der Waals surface area contributed by atoms with Gasteiger partial charge in [-0.15, -0.1) is 11.8 Å². The molecule has 14 heavy (non-hydrogen) atoms. The highest BCUT2D eigenvalue weighted by Gasteiger charge is 2.09. The van der Waals surface area contributed by atoms with Crippen molar-refractivity contribution in [2.24, 2.45) is 5.73 Å². The highest BCUT2D eigenvalue weighted by Crippen LogP contribution is 2.26. The highest BCUT2D eigenvalue weighted by molar-refractivity contribution is 9.10. The van der Waals surface area contributed by atoms with Gasteiger partial charge >= 0.3 is 5.97 Å². The van der Waals surface area contributed by atoms with Crippen LogP contribution in [-0.4, -0.2) is 23.4 Å². The number of nitrogens with two attached hydrogens (primary N) is 1. The fraction of sp³-hybridized carbons (Fsp3) is 0.222. The lowest BCUT2D eigenvalue weighted by molar-refractivity contribution is 0.0693. The lowest BCUT2D eigenvalue weighted by atomic mass is 10.2. The maximum absolute atomic E-state index is 10.8. The van der Waals surface area contributed by atoms with E-state index in [0.717, 1.165) is 15.1 Å². The van der Waals surface area contributed by atoms with Gasteiger partial charge in [-0.25, -0.2) is 4.79 Å². The number of halogens is 1. The van der Waals surface area contributed by atoms with Gasteiger partial charge in [0, 0.05) is 21.7 Å². The molecule has 1 rings (SSSR count). The summed E-state index contributed by atoms with van der Waals surface area (Å²) in [5, 5.41) is 8.90. The predicted octanol–water partition coefficient (Wildman–Crippen LogP) is 2.20. The fourth-order valence-electron chi connectivity index (χ4n) is 0.961. The fourth-order valence-corrected chi connectivity index (χ4v) is 2.33. The minimum absolute atomic E-state index is 0.326. The average molecular weight is 276 g/mol. The Hall–Kier alpha value is -0.520. The van der Waals surface area contributed by atoms with E-state index in [2.05, 4.69) is 15.9 Å². The molecular weight excluding hydrogens is 266 g/mol. The maximum atomic E-state index is 10.8. The van der Waals surface area contributed by atoms with Crippen LogP contribution >= 0.6 is 27.7 Å². The molecule has 0 radical (unpaired) electrons. The van der Waals surface area contributed by atoms with Crippen LogP contribution in [0.25, 0.3) is 0 Å². The van der Waals surface area contributed by atoms with Gasteiger partial charge in [-0.05, 0) is 18.2 Å². The number of rotatable bonds is 4. The van der Waals surface area contributed by atoms with Gasteiger partial charge < -0.3 is 10.8 Å². The predicted molar refractivity (Wildman–Crippen MR) is 60.9 cm³/mol. The Kier molecular flexibility index (Phi) is 4.44. The van der Waals surface area contributed by atoms with Gasteiger partial charge in [0.05, 0.1) is 5.56 Å². The van der Waals surface area contributed by atoms with Crippen LogP contribution in [0.1, 0.15) is 10.4 Å². The second kappa shape index (κ2) is 5.38. The van der Waals surface area contributed by atoms with E-state index in [1.165, 1.54) is 11.8 Å². The molecule has 0 aliphatic heterocycles. The second-order valence-corrected chi connectivity index (χ2v) is 4.64. The zero-order valence-electron chi connectivity index (χ0n) is 7.37. The molecule has 5 heteroatoms. The molecule has 0 atom stereocenters. The van der Waals surface area contributed by atoms with Crippen molar-refractivity contribution in [2.75, 3.05) is 12.3 Å². The molecule has 0 spiro atoms. The quantitative estimate of drug-likeness (QED) is 0.827. The molecule has 1 aromatic carbocycles. The van der Waals surface area contributed by atoms with Crippen molar-refractivity contribution in [1.82, 2.24) is 0 Å². The average Bonchev–Trinajstić information content (AvgIpc) is 2.14. The molecule has 0 aliphatic rings. The van der Waals surface area contributed by atoms with E-state index in [1.807, 2.05) is 0 Å². The van der Waals surface area contributed by atoms with Crippen LogP contribution in [0.4, 0.5) is 0 Å². The number of carboxylic acid groups (broad SMARTS) is 1. The van der Waals surface area contributed by atoms with Crippen LogP contribution in [0.15, 0.2) is 27.6 Å². The Bertz CT molecular complexity index is 344. The number of aromatic carboxylic acids is 1. The maximum Gasteiger partial charge on any atom is 0.336 e. The van der Waals surface area contributed by atoms with Gasteiger partial charge in [0.15, 0.2) is 0 Å². The lowest BCUT2D eigenvalue weighted by Crippen LogP contribution is -2.03. The topological polar surface area (TPSA) is 63.3 Å². The summed E-state index contributed by atoms with van der Waals surface area (Å²) in [5.74, 6) is -0.187. The Morgan fingerprint density at radius 1 is 1.57 bits per heavy atom. The summed E-state index contributed by atoms with van der Waals surface area (Å²) in [5.41, 5.74) is 5.69. The molecule has 0 amide bonds. The first-order valence-corrected chi connectivity index (χ1v) is 5.78. The molecule has 0 unspecified atom stereocenters. The van der Waals surface area contributed by atoms with Crippen LogP contribution in [0.2, 0.25) is 0 Å². The molecule has 3 nitrogen and oxygen atoms in total. The van der Waals surface area contributed by atoms with Crippen LogP contribution in [0.5, 0.6) is 0 Å². The summed E-state index contributed by atoms with van der Waals surface area (Å²) in [6, 6.07) is 5.10. The Labute approximate surface area is 94.8 Å². The first-order chi connectivity index (χ1) is 6.65. The minimum atomic E-state index is -0.906. The number of carbonyl (C=O) groups is 1. The molecule has 0 saturated heterocycles. The smallest absolute Gasteiger partial charge is 0.336 e.